The van der Waals surface area contributed by atoms with Gasteiger partial charge in [0.25, 0.3) is 9.05 Å². The van der Waals surface area contributed by atoms with Gasteiger partial charge in [-0.15, -0.1) is 11.3 Å². The second-order valence-corrected chi connectivity index (χ2v) is 6.78. The molecule has 0 amide bonds. The van der Waals surface area contributed by atoms with E-state index >= 15 is 0 Å². The first-order chi connectivity index (χ1) is 5.57. The second-order valence-electron chi connectivity index (χ2n) is 2.87. The van der Waals surface area contributed by atoms with Crippen LogP contribution in [-0.4, -0.2) is 8.42 Å². The highest BCUT2D eigenvalue weighted by molar-refractivity contribution is 8.15. The lowest BCUT2D eigenvalue weighted by Gasteiger charge is -1.87. The lowest BCUT2D eigenvalue weighted by atomic mass is 10.3. The molecule has 0 aromatic carbocycles. The van der Waals surface area contributed by atoms with Gasteiger partial charge in [-0.2, -0.15) is 0 Å². The van der Waals surface area contributed by atoms with Crippen molar-refractivity contribution in [2.75, 3.05) is 0 Å². The van der Waals surface area contributed by atoms with Crippen molar-refractivity contribution in [1.82, 2.24) is 0 Å². The van der Waals surface area contributed by atoms with Gasteiger partial charge in [0.2, 0.25) is 0 Å². The largest absolute Gasteiger partial charge is 0.270 e. The quantitative estimate of drug-likeness (QED) is 0.721. The Labute approximate surface area is 79.6 Å². The lowest BCUT2D eigenvalue weighted by Crippen LogP contribution is -1.83. The zero-order valence-electron chi connectivity index (χ0n) is 6.16. The summed E-state index contributed by atoms with van der Waals surface area (Å²) < 4.78 is 22.0. The minimum Gasteiger partial charge on any atom is -0.206 e. The molecule has 66 valence electrons. The molecule has 0 N–H and O–H groups in total. The molecule has 1 saturated carbocycles. The standard InChI is InChI=1S/C7H7ClO2S2/c8-12(9,10)7-4-3-6(11-7)5-1-2-5/h3-5H,1-2H2. The third-order valence-corrected chi connectivity index (χ3v) is 5.16. The van der Waals surface area contributed by atoms with E-state index in [1.807, 2.05) is 6.07 Å². The molecule has 0 saturated heterocycles. The fraction of sp³-hybridized carbons (Fsp3) is 0.429. The van der Waals surface area contributed by atoms with E-state index in [2.05, 4.69) is 0 Å². The third-order valence-electron chi connectivity index (χ3n) is 1.82. The number of hydrogen-bond acceptors (Lipinski definition) is 3. The van der Waals surface area contributed by atoms with Gasteiger partial charge in [0, 0.05) is 15.6 Å². The van der Waals surface area contributed by atoms with Gasteiger partial charge in [0.1, 0.15) is 4.21 Å². The van der Waals surface area contributed by atoms with Crippen molar-refractivity contribution in [2.45, 2.75) is 23.0 Å². The highest BCUT2D eigenvalue weighted by atomic mass is 35.7. The van der Waals surface area contributed by atoms with Gasteiger partial charge in [0.15, 0.2) is 0 Å². The van der Waals surface area contributed by atoms with Gasteiger partial charge >= 0.3 is 0 Å². The fourth-order valence-electron chi connectivity index (χ4n) is 1.05. The van der Waals surface area contributed by atoms with Crippen LogP contribution in [0.3, 0.4) is 0 Å². The zero-order chi connectivity index (χ0) is 8.77. The minimum atomic E-state index is -3.50. The molecule has 2 rings (SSSR count). The van der Waals surface area contributed by atoms with Gasteiger partial charge in [-0.25, -0.2) is 8.42 Å². The molecule has 0 bridgehead atoms. The first kappa shape index (κ1) is 8.53. The van der Waals surface area contributed by atoms with Crippen molar-refractivity contribution >= 4 is 31.1 Å². The smallest absolute Gasteiger partial charge is 0.206 e. The summed E-state index contributed by atoms with van der Waals surface area (Å²) in [5.41, 5.74) is 0. The van der Waals surface area contributed by atoms with Crippen LogP contribution in [0.5, 0.6) is 0 Å². The summed E-state index contributed by atoms with van der Waals surface area (Å²) in [5.74, 6) is 0.599. The highest BCUT2D eigenvalue weighted by Crippen LogP contribution is 2.44. The van der Waals surface area contributed by atoms with E-state index in [4.69, 9.17) is 10.7 Å². The first-order valence-corrected chi connectivity index (χ1v) is 6.74. The molecule has 0 atom stereocenters. The first-order valence-electron chi connectivity index (χ1n) is 3.62. The highest BCUT2D eigenvalue weighted by Gasteiger charge is 2.26. The van der Waals surface area contributed by atoms with Crippen molar-refractivity contribution in [2.24, 2.45) is 0 Å². The average Bonchev–Trinajstić information content (AvgIpc) is 2.66. The summed E-state index contributed by atoms with van der Waals surface area (Å²) in [5, 5.41) is 0. The van der Waals surface area contributed by atoms with Crippen LogP contribution in [0.25, 0.3) is 0 Å². The Morgan fingerprint density at radius 3 is 2.50 bits per heavy atom. The van der Waals surface area contributed by atoms with E-state index in [9.17, 15) is 8.42 Å². The van der Waals surface area contributed by atoms with Crippen LogP contribution >= 0.6 is 22.0 Å². The van der Waals surface area contributed by atoms with E-state index in [1.165, 1.54) is 24.2 Å². The summed E-state index contributed by atoms with van der Waals surface area (Å²) in [6, 6.07) is 3.44. The van der Waals surface area contributed by atoms with Crippen LogP contribution in [-0.2, 0) is 9.05 Å². The van der Waals surface area contributed by atoms with Crippen molar-refractivity contribution in [3.8, 4) is 0 Å². The molecule has 0 aliphatic heterocycles. The SMILES string of the molecule is O=S(=O)(Cl)c1ccc(C2CC2)s1. The van der Waals surface area contributed by atoms with E-state index in [1.54, 1.807) is 6.07 Å². The minimum absolute atomic E-state index is 0.270. The molecule has 5 heteroatoms. The molecule has 1 heterocycles. The number of halogens is 1. The van der Waals surface area contributed by atoms with Crippen LogP contribution in [0, 0.1) is 0 Å². The maximum absolute atomic E-state index is 10.9. The predicted molar refractivity (Wildman–Crippen MR) is 49.3 cm³/mol. The molecule has 1 fully saturated rings. The average molecular weight is 223 g/mol. The summed E-state index contributed by atoms with van der Waals surface area (Å²) in [6.45, 7) is 0. The predicted octanol–water partition coefficient (Wildman–Crippen LogP) is 2.55. The monoisotopic (exact) mass is 222 g/mol. The molecule has 0 radical (unpaired) electrons. The van der Waals surface area contributed by atoms with Crippen LogP contribution < -0.4 is 0 Å². The van der Waals surface area contributed by atoms with Gasteiger partial charge in [-0.05, 0) is 30.9 Å². The Balaban J connectivity index is 2.35. The van der Waals surface area contributed by atoms with Crippen molar-refractivity contribution in [1.29, 1.82) is 0 Å². The Kier molecular flexibility index (Phi) is 1.93. The van der Waals surface area contributed by atoms with Crippen LogP contribution in [0.4, 0.5) is 0 Å². The molecule has 0 spiro atoms. The Bertz CT molecular complexity index is 389. The molecule has 2 nitrogen and oxygen atoms in total. The topological polar surface area (TPSA) is 34.1 Å². The summed E-state index contributed by atoms with van der Waals surface area (Å²) >= 11 is 1.29. The van der Waals surface area contributed by atoms with Crippen LogP contribution in [0.1, 0.15) is 23.6 Å². The Hall–Kier alpha value is -0.0600. The number of thiophene rings is 1. The van der Waals surface area contributed by atoms with E-state index in [0.717, 1.165) is 4.88 Å². The molecular formula is C7H7ClO2S2. The Morgan fingerprint density at radius 1 is 1.42 bits per heavy atom. The zero-order valence-corrected chi connectivity index (χ0v) is 8.55. The van der Waals surface area contributed by atoms with Crippen LogP contribution in [0.15, 0.2) is 16.3 Å². The molecule has 1 aliphatic carbocycles. The van der Waals surface area contributed by atoms with E-state index in [-0.39, 0.29) is 4.21 Å². The molecule has 0 unspecified atom stereocenters. The third kappa shape index (κ3) is 1.65. The van der Waals surface area contributed by atoms with E-state index in [0.29, 0.717) is 5.92 Å². The maximum atomic E-state index is 10.9. The van der Waals surface area contributed by atoms with Crippen LogP contribution in [0.2, 0.25) is 0 Å². The summed E-state index contributed by atoms with van der Waals surface area (Å²) in [4.78, 5) is 1.15. The second kappa shape index (κ2) is 2.72. The van der Waals surface area contributed by atoms with E-state index < -0.39 is 9.05 Å². The molecule has 1 aliphatic rings. The number of hydrogen-bond donors (Lipinski definition) is 0. The normalized spacial score (nSPS) is 18.1. The number of rotatable bonds is 2. The molecule has 1 aromatic rings. The van der Waals surface area contributed by atoms with Gasteiger partial charge in [0.05, 0.1) is 0 Å². The van der Waals surface area contributed by atoms with Gasteiger partial charge in [-0.3, -0.25) is 0 Å². The Morgan fingerprint density at radius 2 is 2.08 bits per heavy atom. The van der Waals surface area contributed by atoms with Gasteiger partial charge in [-0.1, -0.05) is 0 Å². The van der Waals surface area contributed by atoms with Crippen molar-refractivity contribution in [3.05, 3.63) is 17.0 Å². The molecular weight excluding hydrogens is 216 g/mol. The summed E-state index contributed by atoms with van der Waals surface area (Å²) in [6.07, 6.45) is 2.37. The maximum Gasteiger partial charge on any atom is 0.270 e. The van der Waals surface area contributed by atoms with Crippen molar-refractivity contribution < 1.29 is 8.42 Å². The lowest BCUT2D eigenvalue weighted by molar-refractivity contribution is 0.611. The molecule has 12 heavy (non-hydrogen) atoms. The fourth-order valence-corrected chi connectivity index (χ4v) is 3.31. The van der Waals surface area contributed by atoms with Crippen molar-refractivity contribution in [3.63, 3.8) is 0 Å². The molecule has 1 aromatic heterocycles. The summed E-state index contributed by atoms with van der Waals surface area (Å²) in [7, 11) is 1.68. The van der Waals surface area contributed by atoms with Gasteiger partial charge < -0.3 is 0 Å².